The van der Waals surface area contributed by atoms with Crippen molar-refractivity contribution in [1.82, 2.24) is 9.97 Å². The number of thioether (sulfide) groups is 2. The second-order valence-corrected chi connectivity index (χ2v) is 9.07. The van der Waals surface area contributed by atoms with E-state index in [-0.39, 0.29) is 0 Å². The zero-order valence-corrected chi connectivity index (χ0v) is 18.6. The van der Waals surface area contributed by atoms with Crippen LogP contribution in [0.5, 0.6) is 0 Å². The molecule has 2 heterocycles. The van der Waals surface area contributed by atoms with Crippen molar-refractivity contribution in [1.29, 1.82) is 0 Å². The predicted octanol–water partition coefficient (Wildman–Crippen LogP) is 6.12. The van der Waals surface area contributed by atoms with E-state index in [2.05, 4.69) is 28.3 Å². The van der Waals surface area contributed by atoms with Crippen molar-refractivity contribution in [2.45, 2.75) is 38.6 Å². The third-order valence-corrected chi connectivity index (χ3v) is 7.07. The summed E-state index contributed by atoms with van der Waals surface area (Å²) in [6.07, 6.45) is 3.08. The first-order valence-corrected chi connectivity index (χ1v) is 11.7. The van der Waals surface area contributed by atoms with Crippen molar-refractivity contribution in [3.63, 3.8) is 0 Å². The molecule has 2 aromatic heterocycles. The zero-order chi connectivity index (χ0) is 18.9. The molecule has 2 rings (SSSR count). The van der Waals surface area contributed by atoms with Gasteiger partial charge in [0, 0.05) is 28.4 Å². The fraction of sp³-hybridized carbons (Fsp3) is 0.474. The number of aromatic nitrogens is 2. The van der Waals surface area contributed by atoms with E-state index in [1.165, 1.54) is 16.9 Å². The molecule has 0 aromatic carbocycles. The molecule has 0 atom stereocenters. The highest BCUT2D eigenvalue weighted by atomic mass is 35.5. The smallest absolute Gasteiger partial charge is 0.0850 e. The molecule has 26 heavy (non-hydrogen) atoms. The number of aryl methyl sites for hydroxylation is 2. The lowest BCUT2D eigenvalue weighted by Crippen LogP contribution is -2.06. The van der Waals surface area contributed by atoms with Crippen molar-refractivity contribution < 1.29 is 0 Å². The summed E-state index contributed by atoms with van der Waals surface area (Å²) in [6, 6.07) is 4.07. The molecular weight excluding hydrogens is 405 g/mol. The molecule has 2 aromatic rings. The van der Waals surface area contributed by atoms with Gasteiger partial charge in [-0.2, -0.15) is 11.8 Å². The van der Waals surface area contributed by atoms with Crippen LogP contribution < -0.4 is 5.32 Å². The number of hydrogen-bond acceptors (Lipinski definition) is 5. The fourth-order valence-corrected chi connectivity index (χ4v) is 4.85. The van der Waals surface area contributed by atoms with E-state index in [0.717, 1.165) is 45.9 Å². The molecule has 0 saturated heterocycles. The third kappa shape index (κ3) is 6.52. The van der Waals surface area contributed by atoms with Gasteiger partial charge < -0.3 is 5.32 Å². The summed E-state index contributed by atoms with van der Waals surface area (Å²) in [5, 5.41) is 4.08. The van der Waals surface area contributed by atoms with E-state index < -0.39 is 0 Å². The van der Waals surface area contributed by atoms with Crippen molar-refractivity contribution in [3.8, 4) is 0 Å². The van der Waals surface area contributed by atoms with E-state index in [1.54, 1.807) is 0 Å². The monoisotopic (exact) mass is 429 g/mol. The maximum atomic E-state index is 6.36. The highest BCUT2D eigenvalue weighted by Crippen LogP contribution is 2.28. The van der Waals surface area contributed by atoms with E-state index in [1.807, 2.05) is 49.6 Å². The summed E-state index contributed by atoms with van der Waals surface area (Å²) in [4.78, 5) is 10.2. The summed E-state index contributed by atoms with van der Waals surface area (Å²) in [5.74, 6) is 4.05. The fourth-order valence-electron chi connectivity index (χ4n) is 2.51. The molecule has 0 fully saturated rings. The normalized spacial score (nSPS) is 11.0. The maximum absolute atomic E-state index is 6.36. The Balaban J connectivity index is 1.94. The number of rotatable bonds is 10. The van der Waals surface area contributed by atoms with Crippen LogP contribution in [0.1, 0.15) is 29.1 Å². The summed E-state index contributed by atoms with van der Waals surface area (Å²) in [5.41, 5.74) is 4.99. The highest BCUT2D eigenvalue weighted by molar-refractivity contribution is 8.00. The summed E-state index contributed by atoms with van der Waals surface area (Å²) >= 11 is 15.9. The van der Waals surface area contributed by atoms with Crippen molar-refractivity contribution in [2.75, 3.05) is 28.5 Å². The minimum Gasteiger partial charge on any atom is -0.378 e. The van der Waals surface area contributed by atoms with Crippen molar-refractivity contribution in [2.24, 2.45) is 0 Å². The SMILES string of the molecule is Cc1cc(NCc2nccc(SCCCSCCCl)c2C)c(Cl)c(C)n1. The number of halogens is 2. The van der Waals surface area contributed by atoms with Crippen LogP contribution >= 0.6 is 46.7 Å². The topological polar surface area (TPSA) is 37.8 Å². The van der Waals surface area contributed by atoms with Crippen LogP contribution in [-0.2, 0) is 6.54 Å². The highest BCUT2D eigenvalue weighted by Gasteiger charge is 2.09. The van der Waals surface area contributed by atoms with Gasteiger partial charge in [-0.05, 0) is 56.4 Å². The molecule has 0 spiro atoms. The van der Waals surface area contributed by atoms with Crippen LogP contribution in [0.3, 0.4) is 0 Å². The van der Waals surface area contributed by atoms with Gasteiger partial charge >= 0.3 is 0 Å². The Bertz CT molecular complexity index is 726. The Morgan fingerprint density at radius 3 is 2.73 bits per heavy atom. The largest absolute Gasteiger partial charge is 0.378 e. The van der Waals surface area contributed by atoms with Crippen LogP contribution in [0.4, 0.5) is 5.69 Å². The summed E-state index contributed by atoms with van der Waals surface area (Å²) in [6.45, 7) is 6.68. The average Bonchev–Trinajstić information content (AvgIpc) is 2.62. The lowest BCUT2D eigenvalue weighted by atomic mass is 10.2. The van der Waals surface area contributed by atoms with Crippen molar-refractivity contribution >= 4 is 52.4 Å². The van der Waals surface area contributed by atoms with Crippen LogP contribution in [0.2, 0.25) is 5.02 Å². The second kappa shape index (κ2) is 11.3. The average molecular weight is 430 g/mol. The van der Waals surface area contributed by atoms with E-state index in [4.69, 9.17) is 23.2 Å². The molecule has 0 saturated carbocycles. The van der Waals surface area contributed by atoms with Gasteiger partial charge in [-0.25, -0.2) is 0 Å². The molecule has 0 aliphatic carbocycles. The number of hydrogen-bond donors (Lipinski definition) is 1. The molecular formula is C19H25Cl2N3S2. The molecule has 0 unspecified atom stereocenters. The van der Waals surface area contributed by atoms with Gasteiger partial charge in [0.1, 0.15) is 0 Å². The molecule has 1 N–H and O–H groups in total. The van der Waals surface area contributed by atoms with Crippen LogP contribution in [0.15, 0.2) is 23.2 Å². The van der Waals surface area contributed by atoms with Crippen LogP contribution in [0, 0.1) is 20.8 Å². The quantitative estimate of drug-likeness (QED) is 0.279. The van der Waals surface area contributed by atoms with Gasteiger partial charge in [-0.15, -0.1) is 23.4 Å². The van der Waals surface area contributed by atoms with Gasteiger partial charge in [-0.1, -0.05) is 11.6 Å². The number of nitrogens with zero attached hydrogens (tertiary/aromatic N) is 2. The first-order chi connectivity index (χ1) is 12.5. The Morgan fingerprint density at radius 1 is 1.15 bits per heavy atom. The molecule has 142 valence electrons. The first kappa shape index (κ1) is 21.7. The predicted molar refractivity (Wildman–Crippen MR) is 118 cm³/mol. The number of pyridine rings is 2. The van der Waals surface area contributed by atoms with Gasteiger partial charge in [0.15, 0.2) is 0 Å². The number of nitrogens with one attached hydrogen (secondary N) is 1. The molecule has 0 aliphatic heterocycles. The lowest BCUT2D eigenvalue weighted by molar-refractivity contribution is 0.984. The minimum atomic E-state index is 0.647. The number of alkyl halides is 1. The first-order valence-electron chi connectivity index (χ1n) is 8.61. The van der Waals surface area contributed by atoms with Crippen LogP contribution in [-0.4, -0.2) is 33.1 Å². The molecule has 0 aliphatic rings. The van der Waals surface area contributed by atoms with Gasteiger partial charge in [0.2, 0.25) is 0 Å². The van der Waals surface area contributed by atoms with E-state index >= 15 is 0 Å². The van der Waals surface area contributed by atoms with Gasteiger partial charge in [-0.3, -0.25) is 9.97 Å². The van der Waals surface area contributed by atoms with E-state index in [0.29, 0.717) is 11.6 Å². The maximum Gasteiger partial charge on any atom is 0.0850 e. The molecule has 0 radical (unpaired) electrons. The number of anilines is 1. The standard InChI is InChI=1S/C19H25Cl2N3S2/c1-13-11-16(19(21)15(3)24-13)23-12-17-14(2)18(5-7-22-17)26-9-4-8-25-10-6-20/h5,7,11H,4,6,8-10,12H2,1-3H3,(H,23,24). The van der Waals surface area contributed by atoms with Gasteiger partial charge in [0.25, 0.3) is 0 Å². The van der Waals surface area contributed by atoms with Crippen molar-refractivity contribution in [3.05, 3.63) is 46.0 Å². The Labute approximate surface area is 175 Å². The second-order valence-electron chi connectivity index (χ2n) is 5.95. The van der Waals surface area contributed by atoms with E-state index in [9.17, 15) is 0 Å². The van der Waals surface area contributed by atoms with Gasteiger partial charge in [0.05, 0.1) is 28.6 Å². The van der Waals surface area contributed by atoms with Crippen LogP contribution in [0.25, 0.3) is 0 Å². The summed E-state index contributed by atoms with van der Waals surface area (Å²) in [7, 11) is 0. The zero-order valence-electron chi connectivity index (χ0n) is 15.4. The summed E-state index contributed by atoms with van der Waals surface area (Å²) < 4.78 is 0. The lowest BCUT2D eigenvalue weighted by Gasteiger charge is -2.13. The molecule has 0 bridgehead atoms. The minimum absolute atomic E-state index is 0.647. The Morgan fingerprint density at radius 2 is 1.96 bits per heavy atom. The Hall–Kier alpha value is -0.620. The third-order valence-electron chi connectivity index (χ3n) is 3.87. The Kier molecular flexibility index (Phi) is 9.40. The molecule has 3 nitrogen and oxygen atoms in total. The molecule has 7 heteroatoms. The molecule has 0 amide bonds.